The van der Waals surface area contributed by atoms with Crippen molar-refractivity contribution in [3.8, 4) is 0 Å². The maximum atomic E-state index is 13.0. The van der Waals surface area contributed by atoms with Crippen molar-refractivity contribution in [2.75, 3.05) is 31.3 Å². The summed E-state index contributed by atoms with van der Waals surface area (Å²) in [7, 11) is -4.11. The van der Waals surface area contributed by atoms with Gasteiger partial charge < -0.3 is 20.3 Å². The van der Waals surface area contributed by atoms with Gasteiger partial charge in [0.2, 0.25) is 5.12 Å². The summed E-state index contributed by atoms with van der Waals surface area (Å²) < 4.78 is 40.6. The lowest BCUT2D eigenvalue weighted by Gasteiger charge is -2.35. The minimum absolute atomic E-state index is 0.00999. The van der Waals surface area contributed by atoms with E-state index < -0.39 is 54.0 Å². The van der Waals surface area contributed by atoms with Crippen LogP contribution in [0.2, 0.25) is 0 Å². The molecule has 2 aliphatic heterocycles. The number of nitrogen functional groups attached to an aromatic ring is 1. The molecule has 0 bridgehead atoms. The van der Waals surface area contributed by atoms with Crippen molar-refractivity contribution in [1.82, 2.24) is 9.55 Å². The van der Waals surface area contributed by atoms with Crippen LogP contribution in [0.3, 0.4) is 0 Å². The van der Waals surface area contributed by atoms with Crippen molar-refractivity contribution in [2.24, 2.45) is 5.41 Å². The zero-order valence-corrected chi connectivity index (χ0v) is 20.9. The highest BCUT2D eigenvalue weighted by Gasteiger charge is 2.60. The van der Waals surface area contributed by atoms with E-state index in [1.165, 1.54) is 33.0 Å². The molecule has 0 amide bonds. The van der Waals surface area contributed by atoms with Gasteiger partial charge in [0.15, 0.2) is 6.23 Å². The largest absolute Gasteiger partial charge is 0.475 e. The Balaban J connectivity index is 1.59. The molecule has 0 radical (unpaired) electrons. The van der Waals surface area contributed by atoms with Gasteiger partial charge in [-0.3, -0.25) is 27.7 Å². The van der Waals surface area contributed by atoms with Gasteiger partial charge in [0.1, 0.15) is 29.0 Å². The van der Waals surface area contributed by atoms with Gasteiger partial charge >= 0.3 is 19.5 Å². The zero-order chi connectivity index (χ0) is 25.3. The molecule has 3 rings (SSSR count). The molecule has 5 atom stereocenters. The third kappa shape index (κ3) is 5.38. The first-order valence-electron chi connectivity index (χ1n) is 10.5. The van der Waals surface area contributed by atoms with Crippen molar-refractivity contribution < 1.29 is 42.3 Å². The summed E-state index contributed by atoms with van der Waals surface area (Å²) in [5.74, 6) is -0.565. The molecule has 15 heteroatoms. The minimum Gasteiger partial charge on any atom is -0.465 e. The fourth-order valence-electron chi connectivity index (χ4n) is 3.40. The minimum atomic E-state index is -4.11. The van der Waals surface area contributed by atoms with Gasteiger partial charge in [-0.15, -0.1) is 0 Å². The lowest BCUT2D eigenvalue weighted by molar-refractivity contribution is -0.155. The second-order valence-corrected chi connectivity index (χ2v) is 11.1. The highest BCUT2D eigenvalue weighted by Crippen LogP contribution is 2.58. The Morgan fingerprint density at radius 3 is 2.82 bits per heavy atom. The molecule has 1 aromatic heterocycles. The molecule has 190 valence electrons. The van der Waals surface area contributed by atoms with E-state index in [9.17, 15) is 24.1 Å². The van der Waals surface area contributed by atoms with E-state index in [0.717, 1.165) is 16.3 Å². The van der Waals surface area contributed by atoms with Gasteiger partial charge in [-0.2, -0.15) is 4.98 Å². The number of nitrogens with zero attached hydrogens (tertiary/aromatic N) is 2. The Bertz CT molecular complexity index is 1050. The summed E-state index contributed by atoms with van der Waals surface area (Å²) in [4.78, 5) is 40.1. The number of carbonyl (C=O) groups excluding carboxylic acids is 2. The summed E-state index contributed by atoms with van der Waals surface area (Å²) in [5, 5.41) is 10.6. The Morgan fingerprint density at radius 2 is 2.18 bits per heavy atom. The van der Waals surface area contributed by atoms with E-state index in [0.29, 0.717) is 0 Å². The van der Waals surface area contributed by atoms with Crippen LogP contribution in [-0.4, -0.2) is 69.1 Å². The molecule has 3 N–H and O–H groups in total. The van der Waals surface area contributed by atoms with Crippen molar-refractivity contribution in [2.45, 2.75) is 51.7 Å². The lowest BCUT2D eigenvalue weighted by atomic mass is 9.96. The Morgan fingerprint density at radius 1 is 1.47 bits per heavy atom. The molecule has 0 spiro atoms. The molecule has 1 aromatic rings. The molecule has 0 unspecified atom stereocenters. The third-order valence-electron chi connectivity index (χ3n) is 5.32. The predicted molar refractivity (Wildman–Crippen MR) is 120 cm³/mol. The third-order valence-corrected chi connectivity index (χ3v) is 7.92. The van der Waals surface area contributed by atoms with Crippen LogP contribution in [0.1, 0.15) is 33.9 Å². The zero-order valence-electron chi connectivity index (χ0n) is 19.2. The van der Waals surface area contributed by atoms with Crippen LogP contribution in [0.15, 0.2) is 17.1 Å². The Hall–Kier alpha value is -1.80. The number of fused-ring (bicyclic) bond motifs is 1. The maximum absolute atomic E-state index is 13.0. The smallest absolute Gasteiger partial charge is 0.465 e. The van der Waals surface area contributed by atoms with E-state index >= 15 is 0 Å². The number of phosphoric acid groups is 1. The number of rotatable bonds is 8. The predicted octanol–water partition coefficient (Wildman–Crippen LogP) is 0.863. The number of nitrogens with two attached hydrogens (primary N) is 1. The average molecular weight is 521 g/mol. The summed E-state index contributed by atoms with van der Waals surface area (Å²) >= 11 is 0.818. The molecular weight excluding hydrogens is 493 g/mol. The van der Waals surface area contributed by atoms with Crippen molar-refractivity contribution in [3.63, 3.8) is 0 Å². The molecule has 13 nitrogen and oxygen atoms in total. The number of ether oxygens (including phenoxy) is 2. The van der Waals surface area contributed by atoms with Crippen LogP contribution in [-0.2, 0) is 37.2 Å². The van der Waals surface area contributed by atoms with E-state index in [1.807, 2.05) is 0 Å². The number of aromatic nitrogens is 2. The summed E-state index contributed by atoms with van der Waals surface area (Å²) in [5.41, 5.74) is 1.63. The molecule has 0 saturated carbocycles. The molecule has 2 aliphatic rings. The van der Waals surface area contributed by atoms with Crippen LogP contribution < -0.4 is 11.4 Å². The number of carbonyl (C=O) groups is 2. The van der Waals surface area contributed by atoms with E-state index in [4.69, 9.17) is 28.8 Å². The fourth-order valence-corrected chi connectivity index (χ4v) is 5.79. The number of hydrogen-bond donors (Lipinski definition) is 2. The van der Waals surface area contributed by atoms with Crippen LogP contribution in [0.25, 0.3) is 0 Å². The number of aliphatic hydroxyl groups is 1. The van der Waals surface area contributed by atoms with Crippen LogP contribution in [0.5, 0.6) is 0 Å². The SMILES string of the molecule is CCOC(=O)C(C)(C)C(=O)SCCO[P@]1(=O)OC[C@H]2O[C@@H](n3ccc(N)nc3=O)[C@](C)(O)[C@@H]2O1. The number of esters is 1. The van der Waals surface area contributed by atoms with E-state index in [2.05, 4.69) is 4.98 Å². The van der Waals surface area contributed by atoms with Gasteiger partial charge in [0.25, 0.3) is 0 Å². The summed E-state index contributed by atoms with van der Waals surface area (Å²) in [6.45, 7) is 5.65. The quantitative estimate of drug-likeness (QED) is 0.213. The molecule has 3 heterocycles. The number of hydrogen-bond acceptors (Lipinski definition) is 13. The van der Waals surface area contributed by atoms with Gasteiger partial charge in [0.05, 0.1) is 19.8 Å². The van der Waals surface area contributed by atoms with Crippen molar-refractivity contribution >= 4 is 36.5 Å². The van der Waals surface area contributed by atoms with E-state index in [-0.39, 0.29) is 31.4 Å². The normalized spacial score (nSPS) is 31.1. The van der Waals surface area contributed by atoms with Gasteiger partial charge in [-0.25, -0.2) is 9.36 Å². The number of anilines is 1. The van der Waals surface area contributed by atoms with Crippen LogP contribution >= 0.6 is 19.6 Å². The van der Waals surface area contributed by atoms with Crippen molar-refractivity contribution in [1.29, 1.82) is 0 Å². The molecular formula is C19H28N3O10PS. The first-order chi connectivity index (χ1) is 15.8. The summed E-state index contributed by atoms with van der Waals surface area (Å²) in [6, 6.07) is 1.37. The van der Waals surface area contributed by atoms with Crippen molar-refractivity contribution in [3.05, 3.63) is 22.7 Å². The monoisotopic (exact) mass is 521 g/mol. The van der Waals surface area contributed by atoms with Gasteiger partial charge in [0, 0.05) is 11.9 Å². The number of phosphoric ester groups is 1. The molecule has 0 aliphatic carbocycles. The first-order valence-corrected chi connectivity index (χ1v) is 12.9. The van der Waals surface area contributed by atoms with E-state index in [1.54, 1.807) is 6.92 Å². The fraction of sp³-hybridized carbons (Fsp3) is 0.684. The highest BCUT2D eigenvalue weighted by atomic mass is 32.2. The molecule has 2 fully saturated rings. The van der Waals surface area contributed by atoms with Crippen LogP contribution in [0, 0.1) is 5.41 Å². The second kappa shape index (κ2) is 10.1. The summed E-state index contributed by atoms with van der Waals surface area (Å²) in [6.07, 6.45) is -1.85. The molecule has 34 heavy (non-hydrogen) atoms. The van der Waals surface area contributed by atoms with Gasteiger partial charge in [-0.05, 0) is 33.8 Å². The average Bonchev–Trinajstić information content (AvgIpc) is 3.01. The number of thioether (sulfide) groups is 1. The Labute approximate surface area is 199 Å². The molecule has 2 saturated heterocycles. The second-order valence-electron chi connectivity index (χ2n) is 8.38. The first kappa shape index (κ1) is 26.8. The maximum Gasteiger partial charge on any atom is 0.475 e. The standard InChI is InChI=1S/C19H28N3O10PS/c1-5-28-15(23)18(2,3)16(24)34-9-8-29-33(27)30-10-11-13(32-33)19(4,26)14(31-11)22-7-6-12(20)21-17(22)25/h6-7,11,13-14,26H,5,8-10H2,1-4H3,(H2,20,21,25)/t11-,13-,14-,19-,33-/m1/s1. The van der Waals surface area contributed by atoms with Crippen LogP contribution in [0.4, 0.5) is 5.82 Å². The highest BCUT2D eigenvalue weighted by molar-refractivity contribution is 8.13. The topological polar surface area (TPSA) is 178 Å². The molecule has 0 aromatic carbocycles. The Kier molecular flexibility index (Phi) is 7.92. The lowest BCUT2D eigenvalue weighted by Crippen LogP contribution is -2.49. The van der Waals surface area contributed by atoms with Gasteiger partial charge in [-0.1, -0.05) is 11.8 Å².